The molecule has 0 saturated carbocycles. The number of likely N-dealkylation sites (tertiary alicyclic amines) is 1. The molecule has 1 aliphatic heterocycles. The van der Waals surface area contributed by atoms with Crippen molar-refractivity contribution in [3.8, 4) is 17.3 Å². The van der Waals surface area contributed by atoms with E-state index < -0.39 is 5.54 Å². The summed E-state index contributed by atoms with van der Waals surface area (Å²) >= 11 is 0. The number of ether oxygens (including phenoxy) is 1. The van der Waals surface area contributed by atoms with Crippen LogP contribution in [0.2, 0.25) is 0 Å². The summed E-state index contributed by atoms with van der Waals surface area (Å²) in [5.74, 6) is 0.523. The number of nitriles is 1. The summed E-state index contributed by atoms with van der Waals surface area (Å²) in [6.07, 6.45) is 10.7. The van der Waals surface area contributed by atoms with E-state index in [0.29, 0.717) is 50.2 Å². The number of nitrogens with zero attached hydrogens (tertiary/aromatic N) is 9. The van der Waals surface area contributed by atoms with Crippen molar-refractivity contribution in [2.24, 2.45) is 0 Å². The second-order valence-electron chi connectivity index (χ2n) is 9.50. The van der Waals surface area contributed by atoms with Gasteiger partial charge in [-0.2, -0.15) is 15.5 Å². The maximum Gasteiger partial charge on any atom is 0.409 e. The second kappa shape index (κ2) is 9.55. The lowest BCUT2D eigenvalue weighted by Crippen LogP contribution is -2.48. The van der Waals surface area contributed by atoms with Gasteiger partial charge >= 0.3 is 6.09 Å². The van der Waals surface area contributed by atoms with Crippen molar-refractivity contribution >= 4 is 22.8 Å². The van der Waals surface area contributed by atoms with Crippen LogP contribution < -0.4 is 0 Å². The molecule has 1 aromatic carbocycles. The van der Waals surface area contributed by atoms with Gasteiger partial charge in [0, 0.05) is 42.9 Å². The Morgan fingerprint density at radius 2 is 1.97 bits per heavy atom. The number of hydrogen-bond donors (Lipinski definition) is 0. The average Bonchev–Trinajstić information content (AvgIpc) is 3.61. The summed E-state index contributed by atoms with van der Waals surface area (Å²) in [5.41, 5.74) is 3.96. The van der Waals surface area contributed by atoms with Crippen molar-refractivity contribution in [1.82, 2.24) is 39.2 Å². The van der Waals surface area contributed by atoms with Crippen molar-refractivity contribution < 1.29 is 9.53 Å². The summed E-state index contributed by atoms with van der Waals surface area (Å²) in [7, 11) is 1.38. The van der Waals surface area contributed by atoms with Crippen molar-refractivity contribution in [2.45, 2.75) is 31.2 Å². The first-order valence-corrected chi connectivity index (χ1v) is 12.4. The minimum Gasteiger partial charge on any atom is -0.453 e. The first kappa shape index (κ1) is 23.5. The molecule has 5 aromatic rings. The third-order valence-electron chi connectivity index (χ3n) is 7.25. The van der Waals surface area contributed by atoms with Crippen molar-refractivity contribution in [3.05, 3.63) is 72.6 Å². The molecule has 0 bridgehead atoms. The summed E-state index contributed by atoms with van der Waals surface area (Å²) in [6, 6.07) is 12.5. The first-order chi connectivity index (χ1) is 18.6. The molecule has 1 aliphatic rings. The van der Waals surface area contributed by atoms with Gasteiger partial charge in [-0.1, -0.05) is 12.1 Å². The van der Waals surface area contributed by atoms with E-state index in [0.717, 1.165) is 27.7 Å². The molecule has 11 nitrogen and oxygen atoms in total. The number of methoxy groups -OCH3 is 1. The zero-order valence-corrected chi connectivity index (χ0v) is 20.9. The van der Waals surface area contributed by atoms with E-state index in [4.69, 9.17) is 9.84 Å². The van der Waals surface area contributed by atoms with Crippen LogP contribution in [0.4, 0.5) is 4.79 Å². The van der Waals surface area contributed by atoms with Gasteiger partial charge in [0.1, 0.15) is 5.69 Å². The molecule has 1 saturated heterocycles. The highest BCUT2D eigenvalue weighted by atomic mass is 16.5. The fourth-order valence-electron chi connectivity index (χ4n) is 5.10. The number of fused-ring (bicyclic) bond motifs is 2. The predicted octanol–water partition coefficient (Wildman–Crippen LogP) is 3.60. The topological polar surface area (TPSA) is 127 Å². The number of piperidine rings is 1. The normalized spacial score (nSPS) is 15.0. The van der Waals surface area contributed by atoms with Crippen LogP contribution in [0.3, 0.4) is 0 Å². The van der Waals surface area contributed by atoms with Gasteiger partial charge in [0.15, 0.2) is 0 Å². The van der Waals surface area contributed by atoms with Gasteiger partial charge in [0.25, 0.3) is 5.78 Å². The number of imidazole rings is 1. The van der Waals surface area contributed by atoms with Crippen LogP contribution in [0.25, 0.3) is 27.9 Å². The molecule has 0 spiro atoms. The SMILES string of the molecule is COC(=O)N1CCC(CC#N)(n2cc(-c3cnc4ncc(Cc5ccc6ncccc6c5)n4n3)cn2)CC1. The third kappa shape index (κ3) is 4.20. The first-order valence-electron chi connectivity index (χ1n) is 12.4. The van der Waals surface area contributed by atoms with Crippen molar-refractivity contribution in [2.75, 3.05) is 20.2 Å². The van der Waals surface area contributed by atoms with E-state index >= 15 is 0 Å². The molecule has 1 amide bonds. The number of hydrogen-bond acceptors (Lipinski definition) is 8. The van der Waals surface area contributed by atoms with Gasteiger partial charge in [-0.05, 0) is 36.6 Å². The summed E-state index contributed by atoms with van der Waals surface area (Å²) in [5, 5.41) is 20.1. The van der Waals surface area contributed by atoms with Gasteiger partial charge in [0.2, 0.25) is 0 Å². The summed E-state index contributed by atoms with van der Waals surface area (Å²) < 4.78 is 8.47. The fourth-order valence-corrected chi connectivity index (χ4v) is 5.10. The van der Waals surface area contributed by atoms with Gasteiger partial charge in [-0.3, -0.25) is 9.67 Å². The zero-order valence-electron chi connectivity index (χ0n) is 20.9. The molecule has 5 heterocycles. The molecular weight excluding hydrogens is 482 g/mol. The number of pyridine rings is 1. The van der Waals surface area contributed by atoms with Crippen LogP contribution in [-0.2, 0) is 16.7 Å². The van der Waals surface area contributed by atoms with Gasteiger partial charge in [0.05, 0.1) is 54.9 Å². The van der Waals surface area contributed by atoms with Gasteiger partial charge in [-0.25, -0.2) is 19.3 Å². The maximum absolute atomic E-state index is 11.9. The highest BCUT2D eigenvalue weighted by Gasteiger charge is 2.38. The highest BCUT2D eigenvalue weighted by Crippen LogP contribution is 2.34. The van der Waals surface area contributed by atoms with E-state index in [-0.39, 0.29) is 6.09 Å². The average molecular weight is 508 g/mol. The Labute approximate surface area is 218 Å². The third-order valence-corrected chi connectivity index (χ3v) is 7.25. The number of carbonyl (C=O) groups is 1. The monoisotopic (exact) mass is 507 g/mol. The maximum atomic E-state index is 11.9. The molecular formula is C27H25N9O2. The number of rotatable bonds is 5. The lowest BCUT2D eigenvalue weighted by molar-refractivity contribution is 0.0774. The lowest BCUT2D eigenvalue weighted by Gasteiger charge is -2.40. The number of benzene rings is 1. The molecule has 11 heteroatoms. The summed E-state index contributed by atoms with van der Waals surface area (Å²) in [4.78, 5) is 26.9. The van der Waals surface area contributed by atoms with Crippen LogP contribution in [0.15, 0.2) is 61.3 Å². The second-order valence-corrected chi connectivity index (χ2v) is 9.50. The Balaban J connectivity index is 1.28. The van der Waals surface area contributed by atoms with Crippen LogP contribution in [0, 0.1) is 11.3 Å². The molecule has 0 atom stereocenters. The minimum atomic E-state index is -0.500. The Kier molecular flexibility index (Phi) is 5.92. The smallest absolute Gasteiger partial charge is 0.409 e. The van der Waals surface area contributed by atoms with E-state index in [1.54, 1.807) is 34.2 Å². The largest absolute Gasteiger partial charge is 0.453 e. The van der Waals surface area contributed by atoms with E-state index in [2.05, 4.69) is 38.3 Å². The molecule has 4 aromatic heterocycles. The van der Waals surface area contributed by atoms with Crippen LogP contribution in [-0.4, -0.2) is 65.5 Å². The quantitative estimate of drug-likeness (QED) is 0.353. The zero-order chi connectivity index (χ0) is 26.1. The van der Waals surface area contributed by atoms with Crippen molar-refractivity contribution in [1.29, 1.82) is 5.26 Å². The number of aromatic nitrogens is 7. The van der Waals surface area contributed by atoms with E-state index in [9.17, 15) is 10.1 Å². The van der Waals surface area contributed by atoms with Crippen LogP contribution in [0.5, 0.6) is 0 Å². The Hall–Kier alpha value is -4.85. The van der Waals surface area contributed by atoms with Gasteiger partial charge in [-0.15, -0.1) is 0 Å². The summed E-state index contributed by atoms with van der Waals surface area (Å²) in [6.45, 7) is 0.997. The van der Waals surface area contributed by atoms with Crippen LogP contribution >= 0.6 is 0 Å². The minimum absolute atomic E-state index is 0.292. The predicted molar refractivity (Wildman–Crippen MR) is 138 cm³/mol. The number of carbonyl (C=O) groups excluding carboxylic acids is 1. The Bertz CT molecular complexity index is 1680. The molecule has 6 rings (SSSR count). The van der Waals surface area contributed by atoms with E-state index in [1.807, 2.05) is 29.1 Å². The van der Waals surface area contributed by atoms with E-state index in [1.165, 1.54) is 7.11 Å². The highest BCUT2D eigenvalue weighted by molar-refractivity contribution is 5.79. The molecule has 1 fully saturated rings. The van der Waals surface area contributed by atoms with Crippen LogP contribution in [0.1, 0.15) is 30.5 Å². The molecule has 0 radical (unpaired) electrons. The molecule has 38 heavy (non-hydrogen) atoms. The molecule has 0 N–H and O–H groups in total. The molecule has 0 aliphatic carbocycles. The fraction of sp³-hybridized carbons (Fsp3) is 0.296. The lowest BCUT2D eigenvalue weighted by atomic mass is 9.85. The number of amides is 1. The van der Waals surface area contributed by atoms with Gasteiger partial charge < -0.3 is 9.64 Å². The Morgan fingerprint density at radius 3 is 2.79 bits per heavy atom. The standard InChI is InChI=1S/C27H25N9O2/c1-38-26(37)34-11-7-27(6-9-28,8-12-34)35-18-21(15-32-35)24-17-31-25-30-16-22(36(25)33-24)14-19-4-5-23-20(13-19)3-2-10-29-23/h2-5,10,13,15-18H,6-8,11-12,14H2,1H3. The Morgan fingerprint density at radius 1 is 1.13 bits per heavy atom. The molecule has 0 unspecified atom stereocenters. The molecule has 190 valence electrons. The van der Waals surface area contributed by atoms with Crippen molar-refractivity contribution in [3.63, 3.8) is 0 Å².